The number of carbonyl (C=O) groups excluding carboxylic acids is 2. The lowest BCUT2D eigenvalue weighted by atomic mass is 10.0. The van der Waals surface area contributed by atoms with E-state index < -0.39 is 5.97 Å². The number of aromatic nitrogens is 2. The lowest BCUT2D eigenvalue weighted by Crippen LogP contribution is -2.16. The summed E-state index contributed by atoms with van der Waals surface area (Å²) in [7, 11) is 0. The Morgan fingerprint density at radius 3 is 2.65 bits per heavy atom. The van der Waals surface area contributed by atoms with Crippen molar-refractivity contribution in [3.05, 3.63) is 77.1 Å². The molecule has 1 aromatic carbocycles. The highest BCUT2D eigenvalue weighted by molar-refractivity contribution is 7.15. The van der Waals surface area contributed by atoms with Crippen molar-refractivity contribution in [3.63, 3.8) is 0 Å². The average molecular weight is 434 g/mol. The van der Waals surface area contributed by atoms with E-state index in [0.29, 0.717) is 16.3 Å². The van der Waals surface area contributed by atoms with Gasteiger partial charge in [0.05, 0.1) is 18.7 Å². The Kier molecular flexibility index (Phi) is 6.13. The van der Waals surface area contributed by atoms with Gasteiger partial charge < -0.3 is 14.5 Å². The Hall–Kier alpha value is -3.45. The number of rotatable bonds is 7. The number of carbonyl (C=O) groups is 2. The van der Waals surface area contributed by atoms with Crippen molar-refractivity contribution in [2.24, 2.45) is 0 Å². The van der Waals surface area contributed by atoms with Gasteiger partial charge in [-0.05, 0) is 36.6 Å². The Balaban J connectivity index is 1.59. The molecule has 3 heterocycles. The number of hydrogen-bond donors (Lipinski definition) is 1. The van der Waals surface area contributed by atoms with Crippen molar-refractivity contribution in [1.82, 2.24) is 9.38 Å². The number of thiophene rings is 1. The highest BCUT2D eigenvalue weighted by Crippen LogP contribution is 2.36. The lowest BCUT2D eigenvalue weighted by molar-refractivity contribution is -0.115. The van der Waals surface area contributed by atoms with Crippen LogP contribution in [-0.4, -0.2) is 27.9 Å². The Morgan fingerprint density at radius 2 is 1.94 bits per heavy atom. The van der Waals surface area contributed by atoms with Crippen LogP contribution in [0.15, 0.2) is 60.2 Å². The summed E-state index contributed by atoms with van der Waals surface area (Å²) < 4.78 is 7.15. The maximum absolute atomic E-state index is 12.7. The maximum Gasteiger partial charge on any atom is 0.341 e. The van der Waals surface area contributed by atoms with Crippen LogP contribution in [-0.2, 0) is 22.4 Å². The minimum Gasteiger partial charge on any atom is -0.462 e. The van der Waals surface area contributed by atoms with E-state index in [4.69, 9.17) is 4.74 Å². The number of fused-ring (bicyclic) bond motifs is 1. The summed E-state index contributed by atoms with van der Waals surface area (Å²) in [6.07, 6.45) is 4.77. The lowest BCUT2D eigenvalue weighted by Gasteiger charge is -2.09. The summed E-state index contributed by atoms with van der Waals surface area (Å²) >= 11 is 1.32. The smallest absolute Gasteiger partial charge is 0.341 e. The van der Waals surface area contributed by atoms with Gasteiger partial charge in [0.15, 0.2) is 0 Å². The van der Waals surface area contributed by atoms with E-state index >= 15 is 0 Å². The summed E-state index contributed by atoms with van der Waals surface area (Å²) in [4.78, 5) is 29.9. The van der Waals surface area contributed by atoms with Crippen LogP contribution in [0, 0.1) is 0 Å². The number of benzene rings is 1. The van der Waals surface area contributed by atoms with E-state index in [1.165, 1.54) is 16.9 Å². The van der Waals surface area contributed by atoms with Crippen LogP contribution in [0.4, 0.5) is 5.00 Å². The van der Waals surface area contributed by atoms with Crippen LogP contribution in [0.2, 0.25) is 0 Å². The van der Waals surface area contributed by atoms with Crippen LogP contribution in [0.1, 0.15) is 35.5 Å². The Labute approximate surface area is 184 Å². The molecule has 0 aliphatic heterocycles. The zero-order valence-corrected chi connectivity index (χ0v) is 18.2. The fourth-order valence-electron chi connectivity index (χ4n) is 3.40. The molecule has 0 aliphatic carbocycles. The zero-order chi connectivity index (χ0) is 21.8. The molecule has 0 fully saturated rings. The molecule has 158 valence electrons. The third-order valence-corrected chi connectivity index (χ3v) is 5.85. The van der Waals surface area contributed by atoms with E-state index in [2.05, 4.69) is 17.2 Å². The normalized spacial score (nSPS) is 10.9. The van der Waals surface area contributed by atoms with Gasteiger partial charge in [0.1, 0.15) is 16.2 Å². The molecular weight excluding hydrogens is 410 g/mol. The molecule has 0 radical (unpaired) electrons. The number of anilines is 1. The molecule has 4 rings (SSSR count). The fourth-order valence-corrected chi connectivity index (χ4v) is 4.37. The second kappa shape index (κ2) is 9.14. The first-order valence-electron chi connectivity index (χ1n) is 10.2. The van der Waals surface area contributed by atoms with Crippen molar-refractivity contribution in [3.8, 4) is 11.1 Å². The molecule has 0 aliphatic rings. The molecule has 3 aromatic heterocycles. The number of pyridine rings is 1. The summed E-state index contributed by atoms with van der Waals surface area (Å²) in [5.74, 6) is -0.676. The van der Waals surface area contributed by atoms with Gasteiger partial charge in [0, 0.05) is 23.3 Å². The Bertz CT molecular complexity index is 1190. The van der Waals surface area contributed by atoms with Crippen LogP contribution >= 0.6 is 11.3 Å². The summed E-state index contributed by atoms with van der Waals surface area (Å²) in [5, 5.41) is 5.26. The number of nitrogens with zero attached hydrogens (tertiary/aromatic N) is 2. The highest BCUT2D eigenvalue weighted by Gasteiger charge is 2.23. The second-order valence-electron chi connectivity index (χ2n) is 7.05. The van der Waals surface area contributed by atoms with Crippen LogP contribution in [0.5, 0.6) is 0 Å². The predicted octanol–water partition coefficient (Wildman–Crippen LogP) is 4.98. The first kappa shape index (κ1) is 20.8. The van der Waals surface area contributed by atoms with Gasteiger partial charge in [-0.2, -0.15) is 0 Å². The molecule has 0 saturated carbocycles. The second-order valence-corrected chi connectivity index (χ2v) is 7.93. The third kappa shape index (κ3) is 4.51. The molecule has 0 unspecified atom stereocenters. The molecule has 0 saturated heterocycles. The van der Waals surface area contributed by atoms with Crippen LogP contribution < -0.4 is 5.32 Å². The van der Waals surface area contributed by atoms with E-state index in [1.54, 1.807) is 6.92 Å². The summed E-state index contributed by atoms with van der Waals surface area (Å²) in [6.45, 7) is 4.12. The number of imidazole rings is 1. The zero-order valence-electron chi connectivity index (χ0n) is 17.4. The predicted molar refractivity (Wildman–Crippen MR) is 123 cm³/mol. The topological polar surface area (TPSA) is 72.7 Å². The third-order valence-electron chi connectivity index (χ3n) is 4.95. The van der Waals surface area contributed by atoms with Crippen molar-refractivity contribution in [1.29, 1.82) is 0 Å². The first-order chi connectivity index (χ1) is 15.1. The SMILES string of the molecule is CCOC(=O)c1c(-c2ccc(CC)cc2)csc1NC(=O)Cc1cn2ccccc2n1. The largest absolute Gasteiger partial charge is 0.462 e. The standard InChI is InChI=1S/C24H23N3O3S/c1-3-16-8-10-17(11-9-16)19-15-31-23(22(19)24(29)30-4-2)26-21(28)13-18-14-27-12-6-5-7-20(27)25-18/h5-12,14-15H,3-4,13H2,1-2H3,(H,26,28). The highest BCUT2D eigenvalue weighted by atomic mass is 32.1. The van der Waals surface area contributed by atoms with Crippen molar-refractivity contribution < 1.29 is 14.3 Å². The van der Waals surface area contributed by atoms with E-state index in [9.17, 15) is 9.59 Å². The fraction of sp³-hybridized carbons (Fsp3) is 0.208. The van der Waals surface area contributed by atoms with Crippen molar-refractivity contribution in [2.45, 2.75) is 26.7 Å². The molecule has 4 aromatic rings. The van der Waals surface area contributed by atoms with Gasteiger partial charge in [-0.25, -0.2) is 9.78 Å². The molecule has 0 bridgehead atoms. The number of esters is 1. The molecule has 0 spiro atoms. The molecule has 1 N–H and O–H groups in total. The maximum atomic E-state index is 12.7. The molecule has 1 amide bonds. The molecule has 31 heavy (non-hydrogen) atoms. The van der Waals surface area contributed by atoms with Crippen molar-refractivity contribution in [2.75, 3.05) is 11.9 Å². The summed E-state index contributed by atoms with van der Waals surface area (Å²) in [5.41, 5.74) is 4.73. The number of ether oxygens (including phenoxy) is 1. The molecule has 0 atom stereocenters. The molecule has 7 heteroatoms. The first-order valence-corrected chi connectivity index (χ1v) is 11.1. The molecule has 6 nitrogen and oxygen atoms in total. The van der Waals surface area contributed by atoms with Crippen molar-refractivity contribution >= 4 is 33.9 Å². The van der Waals surface area contributed by atoms with Gasteiger partial charge in [-0.3, -0.25) is 4.79 Å². The Morgan fingerprint density at radius 1 is 1.13 bits per heavy atom. The van der Waals surface area contributed by atoms with Gasteiger partial charge in [0.25, 0.3) is 0 Å². The van der Waals surface area contributed by atoms with Gasteiger partial charge in [0.2, 0.25) is 5.91 Å². The quantitative estimate of drug-likeness (QED) is 0.417. The van der Waals surface area contributed by atoms with E-state index in [1.807, 2.05) is 64.6 Å². The monoisotopic (exact) mass is 433 g/mol. The number of hydrogen-bond acceptors (Lipinski definition) is 5. The number of amides is 1. The van der Waals surface area contributed by atoms with E-state index in [0.717, 1.165) is 23.2 Å². The van der Waals surface area contributed by atoms with Crippen LogP contribution in [0.3, 0.4) is 0 Å². The molecular formula is C24H23N3O3S. The summed E-state index contributed by atoms with van der Waals surface area (Å²) in [6, 6.07) is 13.8. The average Bonchev–Trinajstić information content (AvgIpc) is 3.37. The van der Waals surface area contributed by atoms with Crippen LogP contribution in [0.25, 0.3) is 16.8 Å². The van der Waals surface area contributed by atoms with Gasteiger partial charge >= 0.3 is 5.97 Å². The number of aryl methyl sites for hydroxylation is 1. The number of nitrogens with one attached hydrogen (secondary N) is 1. The van der Waals surface area contributed by atoms with Gasteiger partial charge in [-0.15, -0.1) is 11.3 Å². The van der Waals surface area contributed by atoms with Gasteiger partial charge in [-0.1, -0.05) is 37.3 Å². The minimum absolute atomic E-state index is 0.113. The van der Waals surface area contributed by atoms with E-state index in [-0.39, 0.29) is 18.9 Å². The minimum atomic E-state index is -0.443.